The summed E-state index contributed by atoms with van der Waals surface area (Å²) in [5.74, 6) is 0. The van der Waals surface area contributed by atoms with Crippen molar-refractivity contribution in [2.45, 2.75) is 13.1 Å². The first-order chi connectivity index (χ1) is 4.18. The molecule has 3 nitrogen and oxygen atoms in total. The molecule has 0 fully saturated rings. The van der Waals surface area contributed by atoms with Gasteiger partial charge in [-0.2, -0.15) is 0 Å². The zero-order valence-electron chi connectivity index (χ0n) is 5.18. The number of hydrogen-bond acceptors (Lipinski definition) is 3. The average Bonchev–Trinajstić information content (AvgIpc) is 1.82. The van der Waals surface area contributed by atoms with Crippen LogP contribution in [0.3, 0.4) is 0 Å². The predicted octanol–water partition coefficient (Wildman–Crippen LogP) is 1.31. The zero-order valence-corrected chi connectivity index (χ0v) is 9.50. The maximum Gasteiger partial charge on any atom is 0.109 e. The molecule has 0 aliphatic carbocycles. The molecule has 5 heteroatoms. The van der Waals surface area contributed by atoms with E-state index in [0.717, 1.165) is 13.2 Å². The van der Waals surface area contributed by atoms with Crippen LogP contribution in [0.4, 0.5) is 0 Å². The van der Waals surface area contributed by atoms with E-state index >= 15 is 0 Å². The van der Waals surface area contributed by atoms with E-state index in [9.17, 15) is 0 Å². The van der Waals surface area contributed by atoms with E-state index in [0.29, 0.717) is 0 Å². The molecule has 56 valence electrons. The highest BCUT2D eigenvalue weighted by atomic mass is 127. The van der Waals surface area contributed by atoms with Crippen molar-refractivity contribution in [2.75, 3.05) is 13.2 Å². The van der Waals surface area contributed by atoms with Crippen LogP contribution >= 0.6 is 45.9 Å². The molecule has 0 radical (unpaired) electrons. The topological polar surface area (TPSA) is 38.5 Å². The van der Waals surface area contributed by atoms with Gasteiger partial charge in [-0.1, -0.05) is 0 Å². The molecule has 0 aromatic rings. The lowest BCUT2D eigenvalue weighted by molar-refractivity contribution is 0.333. The fraction of sp³-hybridized carbons (Fsp3) is 1.00. The third kappa shape index (κ3) is 5.77. The lowest BCUT2D eigenvalue weighted by Gasteiger charge is -2.16. The van der Waals surface area contributed by atoms with Crippen molar-refractivity contribution in [2.24, 2.45) is 5.73 Å². The monoisotopic (exact) mass is 356 g/mol. The fourth-order valence-corrected chi connectivity index (χ4v) is 0.719. The lowest BCUT2D eigenvalue weighted by atomic mass is 10.5. The molecule has 0 rings (SSSR count). The molecule has 0 aromatic carbocycles. The molecule has 0 aromatic heterocycles. The first-order valence-corrected chi connectivity index (χ1v) is 4.44. The third-order valence-electron chi connectivity index (χ3n) is 0.824. The molecule has 0 heterocycles. The highest BCUT2D eigenvalue weighted by Gasteiger charge is 2.02. The molecule has 0 saturated carbocycles. The van der Waals surface area contributed by atoms with Gasteiger partial charge in [0.2, 0.25) is 0 Å². The molecular weight excluding hydrogens is 346 g/mol. The minimum atomic E-state index is 0.108. The Kier molecular flexibility index (Phi) is 6.98. The Morgan fingerprint density at radius 2 is 2.33 bits per heavy atom. The van der Waals surface area contributed by atoms with Crippen LogP contribution in [0.1, 0.15) is 6.92 Å². The van der Waals surface area contributed by atoms with Crippen molar-refractivity contribution in [1.29, 1.82) is 0 Å². The van der Waals surface area contributed by atoms with Gasteiger partial charge in [-0.3, -0.25) is 0 Å². The highest BCUT2D eigenvalue weighted by molar-refractivity contribution is 14.1. The summed E-state index contributed by atoms with van der Waals surface area (Å²) in [5.41, 5.74) is 5.54. The molecule has 1 unspecified atom stereocenters. The summed E-state index contributed by atoms with van der Waals surface area (Å²) in [7, 11) is 0. The number of rotatable bonds is 4. The summed E-state index contributed by atoms with van der Waals surface area (Å²) in [6.45, 7) is 3.55. The van der Waals surface area contributed by atoms with E-state index < -0.39 is 0 Å². The van der Waals surface area contributed by atoms with Crippen molar-refractivity contribution in [3.05, 3.63) is 0 Å². The Labute approximate surface area is 83.5 Å². The predicted molar refractivity (Wildman–Crippen MR) is 54.3 cm³/mol. The van der Waals surface area contributed by atoms with Crippen LogP contribution in [0.25, 0.3) is 0 Å². The summed E-state index contributed by atoms with van der Waals surface area (Å²) < 4.78 is 6.83. The largest absolute Gasteiger partial charge is 0.315 e. The normalized spacial score (nSPS) is 14.3. The van der Waals surface area contributed by atoms with Crippen LogP contribution < -0.4 is 5.73 Å². The Hall–Kier alpha value is 1.34. The van der Waals surface area contributed by atoms with Crippen molar-refractivity contribution < 1.29 is 3.07 Å². The molecule has 2 N–H and O–H groups in total. The molecule has 0 amide bonds. The second-order valence-corrected chi connectivity index (χ2v) is 3.54. The van der Waals surface area contributed by atoms with Gasteiger partial charge in [0, 0.05) is 29.4 Å². The number of halogens is 2. The molecule has 0 aliphatic rings. The summed E-state index contributed by atoms with van der Waals surface area (Å²) in [6, 6.07) is 0. The Morgan fingerprint density at radius 3 is 2.67 bits per heavy atom. The van der Waals surface area contributed by atoms with Crippen molar-refractivity contribution in [3.8, 4) is 0 Å². The fourth-order valence-electron chi connectivity index (χ4n) is 0.325. The van der Waals surface area contributed by atoms with E-state index in [1.54, 1.807) is 0 Å². The van der Waals surface area contributed by atoms with Crippen LogP contribution in [0.15, 0.2) is 0 Å². The molecular formula is C4H10I2N2O. The van der Waals surface area contributed by atoms with E-state index in [1.165, 1.54) is 0 Å². The van der Waals surface area contributed by atoms with Gasteiger partial charge in [0.1, 0.15) is 23.0 Å². The minimum absolute atomic E-state index is 0.108. The summed E-state index contributed by atoms with van der Waals surface area (Å²) in [5, 5.41) is 0. The molecule has 0 aliphatic heterocycles. The van der Waals surface area contributed by atoms with Crippen LogP contribution in [0.2, 0.25) is 0 Å². The van der Waals surface area contributed by atoms with Gasteiger partial charge in [-0.15, -0.1) is 0 Å². The van der Waals surface area contributed by atoms with Gasteiger partial charge in [0.05, 0.1) is 12.8 Å². The van der Waals surface area contributed by atoms with Gasteiger partial charge in [0.15, 0.2) is 0 Å². The summed E-state index contributed by atoms with van der Waals surface area (Å²) >= 11 is 4.05. The molecule has 0 saturated heterocycles. The Morgan fingerprint density at radius 1 is 1.78 bits per heavy atom. The van der Waals surface area contributed by atoms with Gasteiger partial charge < -0.3 is 8.80 Å². The molecule has 0 bridgehead atoms. The quantitative estimate of drug-likeness (QED) is 0.469. The zero-order chi connectivity index (χ0) is 7.28. The van der Waals surface area contributed by atoms with E-state index in [-0.39, 0.29) is 6.17 Å². The van der Waals surface area contributed by atoms with Gasteiger partial charge in [-0.25, -0.2) is 3.11 Å². The Balaban J connectivity index is 3.16. The first-order valence-electron chi connectivity index (χ1n) is 2.60. The van der Waals surface area contributed by atoms with Crippen LogP contribution in [-0.4, -0.2) is 22.4 Å². The second-order valence-electron chi connectivity index (χ2n) is 1.68. The standard InChI is InChI=1S/C4H10I2N2O/c1-4(7)8(5)2-3-9-6/h4H,2-3,7H2,1H3. The van der Waals surface area contributed by atoms with Crippen LogP contribution in [-0.2, 0) is 3.07 Å². The first kappa shape index (κ1) is 10.3. The van der Waals surface area contributed by atoms with E-state index in [2.05, 4.69) is 22.9 Å². The molecule has 9 heavy (non-hydrogen) atoms. The molecule has 0 spiro atoms. The Bertz CT molecular complexity index is 71.6. The number of nitrogens with zero attached hydrogens (tertiary/aromatic N) is 1. The van der Waals surface area contributed by atoms with E-state index in [1.807, 2.05) is 33.0 Å². The smallest absolute Gasteiger partial charge is 0.109 e. The van der Waals surface area contributed by atoms with Crippen molar-refractivity contribution in [1.82, 2.24) is 3.11 Å². The average molecular weight is 356 g/mol. The van der Waals surface area contributed by atoms with Gasteiger partial charge in [0.25, 0.3) is 0 Å². The summed E-state index contributed by atoms with van der Waals surface area (Å²) in [4.78, 5) is 0. The highest BCUT2D eigenvalue weighted by Crippen LogP contribution is 2.01. The van der Waals surface area contributed by atoms with E-state index in [4.69, 9.17) is 8.80 Å². The SMILES string of the molecule is CC(N)N(I)CCOI. The van der Waals surface area contributed by atoms with Crippen LogP contribution in [0.5, 0.6) is 0 Å². The van der Waals surface area contributed by atoms with Crippen LogP contribution in [0, 0.1) is 0 Å². The van der Waals surface area contributed by atoms with Crippen molar-refractivity contribution in [3.63, 3.8) is 0 Å². The third-order valence-corrected chi connectivity index (χ3v) is 2.63. The van der Waals surface area contributed by atoms with Crippen molar-refractivity contribution >= 4 is 45.9 Å². The lowest BCUT2D eigenvalue weighted by Crippen LogP contribution is -2.33. The maximum atomic E-state index is 5.54. The second kappa shape index (κ2) is 6.08. The number of hydrogen-bond donors (Lipinski definition) is 1. The maximum absolute atomic E-state index is 5.54. The number of nitrogens with two attached hydrogens (primary N) is 1. The van der Waals surface area contributed by atoms with Gasteiger partial charge >= 0.3 is 0 Å². The summed E-state index contributed by atoms with van der Waals surface area (Å²) in [6.07, 6.45) is 0.108. The van der Waals surface area contributed by atoms with Gasteiger partial charge in [-0.05, 0) is 6.92 Å². The molecule has 1 atom stereocenters. The minimum Gasteiger partial charge on any atom is -0.315 e.